The van der Waals surface area contributed by atoms with Gasteiger partial charge in [0.15, 0.2) is 0 Å². The molecular formula is C13H18FNO. The first-order valence-corrected chi connectivity index (χ1v) is 5.84. The molecule has 2 N–H and O–H groups in total. The number of benzene rings is 1. The zero-order valence-corrected chi connectivity index (χ0v) is 9.38. The van der Waals surface area contributed by atoms with Crippen molar-refractivity contribution in [3.63, 3.8) is 0 Å². The smallest absolute Gasteiger partial charge is 0.123 e. The van der Waals surface area contributed by atoms with Crippen LogP contribution in [-0.2, 0) is 6.54 Å². The number of aliphatic hydroxyl groups is 1. The van der Waals surface area contributed by atoms with Crippen LogP contribution in [0.2, 0.25) is 0 Å². The molecule has 0 saturated heterocycles. The second kappa shape index (κ2) is 4.93. The second-order valence-corrected chi connectivity index (χ2v) is 4.63. The van der Waals surface area contributed by atoms with E-state index in [-0.39, 0.29) is 18.0 Å². The van der Waals surface area contributed by atoms with Crippen LogP contribution in [0.15, 0.2) is 24.3 Å². The van der Waals surface area contributed by atoms with E-state index in [2.05, 4.69) is 5.32 Å². The van der Waals surface area contributed by atoms with Gasteiger partial charge in [0.25, 0.3) is 0 Å². The molecule has 0 aromatic heterocycles. The fourth-order valence-corrected chi connectivity index (χ4v) is 2.33. The van der Waals surface area contributed by atoms with E-state index in [0.717, 1.165) is 18.4 Å². The molecule has 0 radical (unpaired) electrons. The van der Waals surface area contributed by atoms with Gasteiger partial charge in [-0.2, -0.15) is 0 Å². The standard InChI is InChI=1S/C13H18FNO/c14-12-5-3-11(4-6-12)9-15-13(10-16)7-1-2-8-13/h3-6,15-16H,1-2,7-10H2. The van der Waals surface area contributed by atoms with Gasteiger partial charge < -0.3 is 10.4 Å². The van der Waals surface area contributed by atoms with Gasteiger partial charge in [0.2, 0.25) is 0 Å². The van der Waals surface area contributed by atoms with Crippen molar-refractivity contribution in [1.82, 2.24) is 5.32 Å². The number of hydrogen-bond donors (Lipinski definition) is 2. The molecule has 3 heteroatoms. The largest absolute Gasteiger partial charge is 0.394 e. The molecule has 0 spiro atoms. The summed E-state index contributed by atoms with van der Waals surface area (Å²) >= 11 is 0. The molecule has 2 nitrogen and oxygen atoms in total. The summed E-state index contributed by atoms with van der Waals surface area (Å²) in [4.78, 5) is 0. The molecule has 1 fully saturated rings. The van der Waals surface area contributed by atoms with E-state index in [1.807, 2.05) is 0 Å². The molecule has 16 heavy (non-hydrogen) atoms. The molecule has 0 amide bonds. The highest BCUT2D eigenvalue weighted by atomic mass is 19.1. The van der Waals surface area contributed by atoms with Crippen molar-refractivity contribution in [3.8, 4) is 0 Å². The fourth-order valence-electron chi connectivity index (χ4n) is 2.33. The first-order valence-electron chi connectivity index (χ1n) is 5.84. The van der Waals surface area contributed by atoms with Crippen molar-refractivity contribution in [2.24, 2.45) is 0 Å². The number of aliphatic hydroxyl groups excluding tert-OH is 1. The molecule has 0 unspecified atom stereocenters. The molecule has 1 aliphatic rings. The highest BCUT2D eigenvalue weighted by Gasteiger charge is 2.32. The van der Waals surface area contributed by atoms with Gasteiger partial charge in [-0.3, -0.25) is 0 Å². The van der Waals surface area contributed by atoms with Crippen molar-refractivity contribution < 1.29 is 9.50 Å². The minimum atomic E-state index is -0.207. The zero-order chi connectivity index (χ0) is 11.4. The van der Waals surface area contributed by atoms with Gasteiger partial charge in [-0.05, 0) is 30.5 Å². The van der Waals surface area contributed by atoms with Gasteiger partial charge in [0, 0.05) is 12.1 Å². The number of rotatable bonds is 4. The maximum Gasteiger partial charge on any atom is 0.123 e. The van der Waals surface area contributed by atoms with Crippen LogP contribution in [-0.4, -0.2) is 17.3 Å². The highest BCUT2D eigenvalue weighted by Crippen LogP contribution is 2.29. The normalized spacial score (nSPS) is 18.9. The third kappa shape index (κ3) is 2.60. The molecule has 1 aliphatic carbocycles. The lowest BCUT2D eigenvalue weighted by molar-refractivity contribution is 0.163. The summed E-state index contributed by atoms with van der Waals surface area (Å²) in [5.74, 6) is -0.207. The van der Waals surface area contributed by atoms with E-state index in [0.29, 0.717) is 6.54 Å². The molecule has 0 atom stereocenters. The summed E-state index contributed by atoms with van der Waals surface area (Å²) in [7, 11) is 0. The van der Waals surface area contributed by atoms with Gasteiger partial charge in [-0.15, -0.1) is 0 Å². The second-order valence-electron chi connectivity index (χ2n) is 4.63. The van der Waals surface area contributed by atoms with E-state index >= 15 is 0 Å². The van der Waals surface area contributed by atoms with Gasteiger partial charge in [0.1, 0.15) is 5.82 Å². The molecule has 1 aromatic rings. The Balaban J connectivity index is 1.93. The van der Waals surface area contributed by atoms with Crippen LogP contribution in [0.5, 0.6) is 0 Å². The molecule has 1 saturated carbocycles. The van der Waals surface area contributed by atoms with E-state index in [1.54, 1.807) is 12.1 Å². The lowest BCUT2D eigenvalue weighted by atomic mass is 9.98. The van der Waals surface area contributed by atoms with Gasteiger partial charge in [-0.1, -0.05) is 25.0 Å². The molecule has 0 heterocycles. The Bertz CT molecular complexity index is 330. The van der Waals surface area contributed by atoms with Crippen LogP contribution >= 0.6 is 0 Å². The van der Waals surface area contributed by atoms with Crippen molar-refractivity contribution in [1.29, 1.82) is 0 Å². The Morgan fingerprint density at radius 3 is 2.38 bits per heavy atom. The molecule has 88 valence electrons. The molecule has 2 rings (SSSR count). The monoisotopic (exact) mass is 223 g/mol. The van der Waals surface area contributed by atoms with Gasteiger partial charge in [-0.25, -0.2) is 4.39 Å². The Hall–Kier alpha value is -0.930. The third-order valence-electron chi connectivity index (χ3n) is 3.44. The van der Waals surface area contributed by atoms with E-state index in [4.69, 9.17) is 0 Å². The average molecular weight is 223 g/mol. The average Bonchev–Trinajstić information content (AvgIpc) is 2.78. The number of hydrogen-bond acceptors (Lipinski definition) is 2. The number of halogens is 1. The summed E-state index contributed by atoms with van der Waals surface area (Å²) in [5, 5.41) is 12.8. The maximum atomic E-state index is 12.7. The molecule has 0 bridgehead atoms. The van der Waals surface area contributed by atoms with Crippen LogP contribution in [0.1, 0.15) is 31.2 Å². The minimum absolute atomic E-state index is 0.103. The van der Waals surface area contributed by atoms with Crippen molar-refractivity contribution >= 4 is 0 Å². The lowest BCUT2D eigenvalue weighted by Crippen LogP contribution is -2.45. The minimum Gasteiger partial charge on any atom is -0.394 e. The summed E-state index contributed by atoms with van der Waals surface area (Å²) in [6.07, 6.45) is 4.42. The quantitative estimate of drug-likeness (QED) is 0.820. The van der Waals surface area contributed by atoms with Gasteiger partial charge >= 0.3 is 0 Å². The Kier molecular flexibility index (Phi) is 3.56. The SMILES string of the molecule is OCC1(NCc2ccc(F)cc2)CCCC1. The molecule has 1 aromatic carbocycles. The Labute approximate surface area is 95.5 Å². The fraction of sp³-hybridized carbons (Fsp3) is 0.538. The van der Waals surface area contributed by atoms with Crippen LogP contribution in [0.3, 0.4) is 0 Å². The van der Waals surface area contributed by atoms with Crippen LogP contribution in [0.25, 0.3) is 0 Å². The van der Waals surface area contributed by atoms with E-state index < -0.39 is 0 Å². The third-order valence-corrected chi connectivity index (χ3v) is 3.44. The van der Waals surface area contributed by atoms with Gasteiger partial charge in [0.05, 0.1) is 6.61 Å². The first kappa shape index (κ1) is 11.6. The predicted molar refractivity (Wildman–Crippen MR) is 61.5 cm³/mol. The Morgan fingerprint density at radius 1 is 1.19 bits per heavy atom. The van der Waals surface area contributed by atoms with Crippen LogP contribution < -0.4 is 5.32 Å². The number of nitrogens with one attached hydrogen (secondary N) is 1. The maximum absolute atomic E-state index is 12.7. The molecule has 0 aliphatic heterocycles. The Morgan fingerprint density at radius 2 is 1.81 bits per heavy atom. The highest BCUT2D eigenvalue weighted by molar-refractivity contribution is 5.16. The summed E-state index contributed by atoms with van der Waals surface area (Å²) in [5.41, 5.74) is 0.954. The van der Waals surface area contributed by atoms with Crippen molar-refractivity contribution in [3.05, 3.63) is 35.6 Å². The predicted octanol–water partition coefficient (Wildman–Crippen LogP) is 2.22. The zero-order valence-electron chi connectivity index (χ0n) is 9.38. The van der Waals surface area contributed by atoms with Crippen LogP contribution in [0, 0.1) is 5.82 Å². The van der Waals surface area contributed by atoms with Crippen molar-refractivity contribution in [2.75, 3.05) is 6.61 Å². The summed E-state index contributed by atoms with van der Waals surface area (Å²) < 4.78 is 12.7. The lowest BCUT2D eigenvalue weighted by Gasteiger charge is -2.28. The summed E-state index contributed by atoms with van der Waals surface area (Å²) in [6, 6.07) is 6.50. The van der Waals surface area contributed by atoms with Crippen molar-refractivity contribution in [2.45, 2.75) is 37.8 Å². The van der Waals surface area contributed by atoms with E-state index in [1.165, 1.54) is 25.0 Å². The topological polar surface area (TPSA) is 32.3 Å². The first-order chi connectivity index (χ1) is 7.74. The van der Waals surface area contributed by atoms with E-state index in [9.17, 15) is 9.50 Å². The van der Waals surface area contributed by atoms with Crippen LogP contribution in [0.4, 0.5) is 4.39 Å². The molecular weight excluding hydrogens is 205 g/mol. The summed E-state index contributed by atoms with van der Waals surface area (Å²) in [6.45, 7) is 0.884.